The number of carbonyl (C=O) groups excluding carboxylic acids is 4. The van der Waals surface area contributed by atoms with Gasteiger partial charge in [0.2, 0.25) is 17.7 Å². The predicted molar refractivity (Wildman–Crippen MR) is 125 cm³/mol. The van der Waals surface area contributed by atoms with Gasteiger partial charge in [-0.3, -0.25) is 29.0 Å². The quantitative estimate of drug-likeness (QED) is 0.0549. The first-order valence-corrected chi connectivity index (χ1v) is 10.6. The number of carboxylic acid groups (broad SMARTS) is 1. The van der Waals surface area contributed by atoms with Gasteiger partial charge in [-0.2, -0.15) is 0 Å². The lowest BCUT2D eigenvalue weighted by Gasteiger charge is -2.24. The van der Waals surface area contributed by atoms with E-state index in [4.69, 9.17) is 22.3 Å². The lowest BCUT2D eigenvalue weighted by Crippen LogP contribution is -2.54. The van der Waals surface area contributed by atoms with Crippen LogP contribution in [0.15, 0.2) is 17.3 Å². The smallest absolute Gasteiger partial charge is 0.325 e. The normalized spacial score (nSPS) is 14.1. The zero-order valence-electron chi connectivity index (χ0n) is 19.9. The second-order valence-corrected chi connectivity index (χ2v) is 8.02. The van der Waals surface area contributed by atoms with E-state index in [1.165, 1.54) is 13.8 Å². The molecule has 0 aromatic heterocycles. The second-order valence-electron chi connectivity index (χ2n) is 8.02. The highest BCUT2D eigenvalue weighted by Crippen LogP contribution is 2.04. The summed E-state index contributed by atoms with van der Waals surface area (Å²) in [6, 6.07) is -4.16. The van der Waals surface area contributed by atoms with Crippen LogP contribution in [0.4, 0.5) is 0 Å². The van der Waals surface area contributed by atoms with Crippen molar-refractivity contribution in [2.75, 3.05) is 6.54 Å². The number of carbonyl (C=O) groups is 5. The van der Waals surface area contributed by atoms with Gasteiger partial charge in [-0.25, -0.2) is 0 Å². The molecule has 0 fully saturated rings. The van der Waals surface area contributed by atoms with E-state index in [-0.39, 0.29) is 24.0 Å². The molecule has 0 saturated heterocycles. The molecule has 34 heavy (non-hydrogen) atoms. The van der Waals surface area contributed by atoms with E-state index < -0.39 is 53.8 Å². The fraction of sp³-hybridized carbons (Fsp3) is 0.600. The fourth-order valence-electron chi connectivity index (χ4n) is 2.48. The number of rotatable bonds is 14. The minimum atomic E-state index is -1.23. The van der Waals surface area contributed by atoms with Gasteiger partial charge in [0, 0.05) is 6.54 Å². The van der Waals surface area contributed by atoms with Gasteiger partial charge in [0.05, 0.1) is 11.7 Å². The Morgan fingerprint density at radius 1 is 0.912 bits per heavy atom. The molecule has 0 unspecified atom stereocenters. The molecule has 0 radical (unpaired) electrons. The zero-order valence-corrected chi connectivity index (χ0v) is 19.9. The number of hydrogen-bond acceptors (Lipinski definition) is 7. The Bertz CT molecular complexity index is 809. The minimum absolute atomic E-state index is 0.0669. The molecule has 11 N–H and O–H groups in total. The van der Waals surface area contributed by atoms with Gasteiger partial charge in [0.25, 0.3) is 5.91 Å². The summed E-state index contributed by atoms with van der Waals surface area (Å²) in [6.07, 6.45) is 0.741. The Morgan fingerprint density at radius 2 is 1.47 bits per heavy atom. The van der Waals surface area contributed by atoms with Crippen LogP contribution in [0.25, 0.3) is 0 Å². The van der Waals surface area contributed by atoms with Gasteiger partial charge in [0.1, 0.15) is 18.1 Å². The monoisotopic (exact) mass is 484 g/mol. The van der Waals surface area contributed by atoms with Crippen molar-refractivity contribution >= 4 is 35.6 Å². The van der Waals surface area contributed by atoms with E-state index in [0.29, 0.717) is 13.0 Å². The first-order valence-electron chi connectivity index (χ1n) is 10.6. The summed E-state index contributed by atoms with van der Waals surface area (Å²) in [7, 11) is 0. The molecule has 0 heterocycles. The van der Waals surface area contributed by atoms with E-state index in [9.17, 15) is 24.0 Å². The molecule has 14 nitrogen and oxygen atoms in total. The maximum absolute atomic E-state index is 12.4. The van der Waals surface area contributed by atoms with Crippen LogP contribution >= 0.6 is 0 Å². The summed E-state index contributed by atoms with van der Waals surface area (Å²) in [4.78, 5) is 63.9. The fourth-order valence-corrected chi connectivity index (χ4v) is 2.48. The third-order valence-electron chi connectivity index (χ3n) is 4.57. The number of hydrogen-bond donors (Lipinski definition) is 8. The molecule has 0 aromatic carbocycles. The number of amides is 4. The van der Waals surface area contributed by atoms with E-state index in [0.717, 1.165) is 0 Å². The maximum atomic E-state index is 12.4. The molecule has 14 heteroatoms. The van der Waals surface area contributed by atoms with Crippen LogP contribution in [0.1, 0.15) is 40.5 Å². The van der Waals surface area contributed by atoms with Crippen molar-refractivity contribution in [3.05, 3.63) is 12.3 Å². The Balaban J connectivity index is 4.79. The van der Waals surface area contributed by atoms with Crippen molar-refractivity contribution in [3.63, 3.8) is 0 Å². The standard InChI is InChI=1S/C20H36N8O6/c1-9(2)14(18(32)27-12(5)19(33)34)28-16(30)11(4)25-15(29)10(3)26-17(31)13(21)7-6-8-24-20(22)23/h9-10,12-14H,4,6-8,21H2,1-3,5H3,(H,25,29)(H,26,31)(H,27,32)(H,28,30)(H,33,34)(H4,22,23,24)/t10-,12-,13-,14-/m0/s1. The second kappa shape index (κ2) is 14.5. The van der Waals surface area contributed by atoms with Crippen LogP contribution in [0.5, 0.6) is 0 Å². The van der Waals surface area contributed by atoms with E-state index in [2.05, 4.69) is 32.8 Å². The summed E-state index contributed by atoms with van der Waals surface area (Å²) < 4.78 is 0. The Kier molecular flexibility index (Phi) is 12.9. The molecule has 0 aliphatic carbocycles. The lowest BCUT2D eigenvalue weighted by atomic mass is 10.0. The largest absolute Gasteiger partial charge is 0.480 e. The number of carboxylic acids is 1. The van der Waals surface area contributed by atoms with E-state index >= 15 is 0 Å². The van der Waals surface area contributed by atoms with Crippen LogP contribution in [0, 0.1) is 5.92 Å². The van der Waals surface area contributed by atoms with Crippen molar-refractivity contribution in [2.45, 2.75) is 64.7 Å². The number of aliphatic carboxylic acids is 1. The molecule has 0 aliphatic heterocycles. The molecule has 0 saturated carbocycles. The summed E-state index contributed by atoms with van der Waals surface area (Å²) in [5.41, 5.74) is 15.8. The van der Waals surface area contributed by atoms with Crippen molar-refractivity contribution in [3.8, 4) is 0 Å². The van der Waals surface area contributed by atoms with Crippen LogP contribution in [0.2, 0.25) is 0 Å². The molecular weight excluding hydrogens is 448 g/mol. The van der Waals surface area contributed by atoms with Gasteiger partial charge in [-0.15, -0.1) is 0 Å². The number of nitrogens with zero attached hydrogens (tertiary/aromatic N) is 1. The average Bonchev–Trinajstić information content (AvgIpc) is 2.73. The Hall–Kier alpha value is -3.68. The number of guanidine groups is 1. The van der Waals surface area contributed by atoms with Crippen LogP contribution in [0.3, 0.4) is 0 Å². The summed E-state index contributed by atoms with van der Waals surface area (Å²) in [5.74, 6) is -4.55. The molecule has 0 aromatic rings. The van der Waals surface area contributed by atoms with Gasteiger partial charge < -0.3 is 43.6 Å². The topological polar surface area (TPSA) is 244 Å². The van der Waals surface area contributed by atoms with E-state index in [1.54, 1.807) is 13.8 Å². The molecule has 0 aliphatic rings. The molecule has 0 rings (SSSR count). The van der Waals surface area contributed by atoms with E-state index in [1.807, 2.05) is 0 Å². The minimum Gasteiger partial charge on any atom is -0.480 e. The highest BCUT2D eigenvalue weighted by atomic mass is 16.4. The molecule has 4 atom stereocenters. The zero-order chi connectivity index (χ0) is 26.6. The lowest BCUT2D eigenvalue weighted by molar-refractivity contribution is -0.141. The highest BCUT2D eigenvalue weighted by Gasteiger charge is 2.28. The van der Waals surface area contributed by atoms with Crippen molar-refractivity contribution in [1.29, 1.82) is 0 Å². The highest BCUT2D eigenvalue weighted by molar-refractivity contribution is 6.01. The summed E-state index contributed by atoms with van der Waals surface area (Å²) in [6.45, 7) is 9.75. The summed E-state index contributed by atoms with van der Waals surface area (Å²) in [5, 5.41) is 18.3. The molecule has 192 valence electrons. The first-order chi connectivity index (χ1) is 15.7. The van der Waals surface area contributed by atoms with Crippen LogP contribution in [-0.2, 0) is 24.0 Å². The van der Waals surface area contributed by atoms with Gasteiger partial charge in [0.15, 0.2) is 5.96 Å². The Labute approximate surface area is 198 Å². The Morgan fingerprint density at radius 3 is 1.97 bits per heavy atom. The average molecular weight is 485 g/mol. The maximum Gasteiger partial charge on any atom is 0.325 e. The number of aliphatic imine (C=N–C) groups is 1. The first kappa shape index (κ1) is 30.3. The molecule has 4 amide bonds. The molecule has 0 spiro atoms. The van der Waals surface area contributed by atoms with Crippen LogP contribution < -0.4 is 38.5 Å². The number of nitrogens with two attached hydrogens (primary N) is 3. The van der Waals surface area contributed by atoms with Crippen LogP contribution in [-0.4, -0.2) is 71.4 Å². The van der Waals surface area contributed by atoms with Crippen molar-refractivity contribution in [2.24, 2.45) is 28.1 Å². The third kappa shape index (κ3) is 11.3. The van der Waals surface area contributed by atoms with Crippen molar-refractivity contribution in [1.82, 2.24) is 21.3 Å². The molecular formula is C20H36N8O6. The number of nitrogens with one attached hydrogen (secondary N) is 4. The van der Waals surface area contributed by atoms with Gasteiger partial charge >= 0.3 is 5.97 Å². The molecule has 0 bridgehead atoms. The SMILES string of the molecule is C=C(NC(=O)[C@H](C)NC(=O)[C@@H](N)CCCN=C(N)N)C(=O)N[C@H](C(=O)N[C@@H](C)C(=O)O)C(C)C. The summed E-state index contributed by atoms with van der Waals surface area (Å²) >= 11 is 0. The van der Waals surface area contributed by atoms with Gasteiger partial charge in [-0.05, 0) is 32.6 Å². The third-order valence-corrected chi connectivity index (χ3v) is 4.57. The predicted octanol–water partition coefficient (Wildman–Crippen LogP) is -2.77. The van der Waals surface area contributed by atoms with Gasteiger partial charge in [-0.1, -0.05) is 20.4 Å². The van der Waals surface area contributed by atoms with Crippen molar-refractivity contribution < 1.29 is 29.1 Å².